The van der Waals surface area contributed by atoms with Crippen LogP contribution in [0.1, 0.15) is 76.8 Å². The van der Waals surface area contributed by atoms with E-state index in [2.05, 4.69) is 5.32 Å². The summed E-state index contributed by atoms with van der Waals surface area (Å²) in [5.74, 6) is -1.73. The molecule has 49 heavy (non-hydrogen) atoms. The Morgan fingerprint density at radius 3 is 2.53 bits per heavy atom. The van der Waals surface area contributed by atoms with E-state index in [4.69, 9.17) is 33.6 Å². The first-order chi connectivity index (χ1) is 23.5. The van der Waals surface area contributed by atoms with E-state index in [0.29, 0.717) is 0 Å². The van der Waals surface area contributed by atoms with Crippen molar-refractivity contribution in [3.05, 3.63) is 41.7 Å². The number of nitrogens with zero attached hydrogens (tertiary/aromatic N) is 1. The number of benzene rings is 1. The standard InChI is InChI=1S/C36H48N2O11/c1-34(2,3)46-27(41)12-11-25(20-40)37-33(43)35-18-26-28-29(48-36(47-28,23-7-8-23)24-9-10-24)31(35)49-38(30(35)32(42)45-26)19-22-6-4-5-21(17-22)13-15-44-16-14-39/h4-6,13,15,17,23-26,28-31,39-40H,7-12,14,16,18-20H2,1-3H3,(H,37,43)/t25-,26+,28-,29-,30-,31+,35-/m0/s1. The summed E-state index contributed by atoms with van der Waals surface area (Å²) in [4.78, 5) is 47.8. The second kappa shape index (κ2) is 13.2. The molecular formula is C36H48N2O11. The number of esters is 2. The number of rotatable bonds is 14. The summed E-state index contributed by atoms with van der Waals surface area (Å²) >= 11 is 0. The van der Waals surface area contributed by atoms with E-state index in [1.165, 1.54) is 6.26 Å². The van der Waals surface area contributed by atoms with Gasteiger partial charge in [0.2, 0.25) is 5.91 Å². The van der Waals surface area contributed by atoms with Gasteiger partial charge >= 0.3 is 11.9 Å². The van der Waals surface area contributed by atoms with Crippen molar-refractivity contribution in [1.29, 1.82) is 0 Å². The minimum atomic E-state index is -1.40. The monoisotopic (exact) mass is 684 g/mol. The highest BCUT2D eigenvalue weighted by atomic mass is 16.8. The number of hydroxylamine groups is 2. The highest BCUT2D eigenvalue weighted by Crippen LogP contribution is 2.63. The smallest absolute Gasteiger partial charge is 0.327 e. The van der Waals surface area contributed by atoms with Crippen LogP contribution < -0.4 is 5.32 Å². The lowest BCUT2D eigenvalue weighted by Crippen LogP contribution is -2.70. The Hall–Kier alpha value is -3.07. The number of fused-ring (bicyclic) bond motifs is 4. The third-order valence-electron chi connectivity index (χ3n) is 10.4. The van der Waals surface area contributed by atoms with Crippen molar-refractivity contribution in [3.8, 4) is 0 Å². The molecule has 3 N–H and O–H groups in total. The highest BCUT2D eigenvalue weighted by molar-refractivity contribution is 5.93. The maximum Gasteiger partial charge on any atom is 0.327 e. The predicted octanol–water partition coefficient (Wildman–Crippen LogP) is 2.37. The van der Waals surface area contributed by atoms with E-state index in [1.54, 1.807) is 31.9 Å². The van der Waals surface area contributed by atoms with Gasteiger partial charge in [-0.3, -0.25) is 19.2 Å². The van der Waals surface area contributed by atoms with Gasteiger partial charge in [0.15, 0.2) is 11.8 Å². The van der Waals surface area contributed by atoms with E-state index in [-0.39, 0.29) is 50.9 Å². The maximum absolute atomic E-state index is 14.7. The Balaban J connectivity index is 1.17. The molecular weight excluding hydrogens is 636 g/mol. The minimum Gasteiger partial charge on any atom is -0.499 e. The van der Waals surface area contributed by atoms with Crippen LogP contribution in [0.5, 0.6) is 0 Å². The fourth-order valence-electron chi connectivity index (χ4n) is 8.10. The maximum atomic E-state index is 14.7. The van der Waals surface area contributed by atoms with Crippen LogP contribution in [0.25, 0.3) is 6.08 Å². The predicted molar refractivity (Wildman–Crippen MR) is 172 cm³/mol. The van der Waals surface area contributed by atoms with Crippen molar-refractivity contribution in [1.82, 2.24) is 10.4 Å². The van der Waals surface area contributed by atoms with Gasteiger partial charge in [-0.2, -0.15) is 5.06 Å². The second-order valence-corrected chi connectivity index (χ2v) is 15.3. The first kappa shape index (κ1) is 34.4. The summed E-state index contributed by atoms with van der Waals surface area (Å²) in [7, 11) is 0. The summed E-state index contributed by atoms with van der Waals surface area (Å²) in [6, 6.07) is 5.76. The highest BCUT2D eigenvalue weighted by Gasteiger charge is 2.78. The molecule has 13 heteroatoms. The van der Waals surface area contributed by atoms with Gasteiger partial charge in [-0.15, -0.1) is 0 Å². The van der Waals surface area contributed by atoms with Crippen molar-refractivity contribution < 1.29 is 53.1 Å². The Kier molecular flexibility index (Phi) is 9.29. The summed E-state index contributed by atoms with van der Waals surface area (Å²) in [6.07, 6.45) is 4.80. The number of carbonyl (C=O) groups excluding carboxylic acids is 3. The zero-order chi connectivity index (χ0) is 34.6. The fraction of sp³-hybridized carbons (Fsp3) is 0.694. The lowest BCUT2D eigenvalue weighted by molar-refractivity contribution is -0.235. The van der Waals surface area contributed by atoms with Crippen molar-refractivity contribution in [3.63, 3.8) is 0 Å². The minimum absolute atomic E-state index is 0.00129. The van der Waals surface area contributed by atoms with Gasteiger partial charge in [-0.05, 0) is 70.1 Å². The first-order valence-corrected chi connectivity index (χ1v) is 17.6. The van der Waals surface area contributed by atoms with Gasteiger partial charge in [0.1, 0.15) is 42.0 Å². The largest absolute Gasteiger partial charge is 0.499 e. The van der Waals surface area contributed by atoms with Crippen molar-refractivity contribution in [2.24, 2.45) is 17.3 Å². The van der Waals surface area contributed by atoms with E-state index in [0.717, 1.165) is 36.8 Å². The summed E-state index contributed by atoms with van der Waals surface area (Å²) in [5, 5.41) is 23.8. The summed E-state index contributed by atoms with van der Waals surface area (Å²) in [6.45, 7) is 5.20. The second-order valence-electron chi connectivity index (χ2n) is 15.3. The average Bonchev–Trinajstić information content (AvgIpc) is 4.00. The number of amides is 1. The van der Waals surface area contributed by atoms with Crippen LogP contribution >= 0.6 is 0 Å². The molecule has 0 spiro atoms. The zero-order valence-electron chi connectivity index (χ0n) is 28.4. The molecule has 268 valence electrons. The fourth-order valence-corrected chi connectivity index (χ4v) is 8.10. The Morgan fingerprint density at radius 1 is 1.12 bits per heavy atom. The zero-order valence-corrected chi connectivity index (χ0v) is 28.4. The number of ether oxygens (including phenoxy) is 5. The van der Waals surface area contributed by atoms with E-state index in [1.807, 2.05) is 24.3 Å². The number of nitrogens with one attached hydrogen (secondary N) is 1. The van der Waals surface area contributed by atoms with Crippen LogP contribution in [-0.2, 0) is 49.5 Å². The number of carbonyl (C=O) groups is 3. The number of aliphatic hydroxyl groups excluding tert-OH is 2. The third-order valence-corrected chi connectivity index (χ3v) is 10.4. The van der Waals surface area contributed by atoms with Gasteiger partial charge in [0.25, 0.3) is 0 Å². The van der Waals surface area contributed by atoms with Crippen LogP contribution in [0.3, 0.4) is 0 Å². The normalized spacial score (nSPS) is 32.4. The topological polar surface area (TPSA) is 162 Å². The molecule has 7 atom stereocenters. The molecule has 13 nitrogen and oxygen atoms in total. The quantitative estimate of drug-likeness (QED) is 0.149. The molecule has 0 aromatic heterocycles. The first-order valence-electron chi connectivity index (χ1n) is 17.6. The van der Waals surface area contributed by atoms with Gasteiger partial charge in [0.05, 0.1) is 32.1 Å². The van der Waals surface area contributed by atoms with Crippen LogP contribution in [-0.4, -0.2) is 101 Å². The van der Waals surface area contributed by atoms with E-state index in [9.17, 15) is 19.5 Å². The molecule has 1 aromatic rings. The molecule has 3 aliphatic carbocycles. The molecule has 7 rings (SSSR count). The van der Waals surface area contributed by atoms with Crippen molar-refractivity contribution >= 4 is 23.9 Å². The van der Waals surface area contributed by atoms with Gasteiger partial charge in [0, 0.05) is 24.7 Å². The van der Waals surface area contributed by atoms with Gasteiger partial charge in [-0.25, -0.2) is 0 Å². The van der Waals surface area contributed by atoms with Crippen molar-refractivity contribution in [2.75, 3.05) is 19.8 Å². The molecule has 3 aliphatic heterocycles. The van der Waals surface area contributed by atoms with Crippen molar-refractivity contribution in [2.45, 2.75) is 120 Å². The number of hydrogen-bond acceptors (Lipinski definition) is 12. The van der Waals surface area contributed by atoms with Crippen LogP contribution in [0.2, 0.25) is 0 Å². The molecule has 3 saturated carbocycles. The Labute approximate surface area is 286 Å². The molecule has 6 fully saturated rings. The summed E-state index contributed by atoms with van der Waals surface area (Å²) < 4.78 is 30.5. The van der Waals surface area contributed by atoms with Crippen LogP contribution in [0.15, 0.2) is 30.5 Å². The molecule has 6 aliphatic rings. The molecule has 3 heterocycles. The lowest BCUT2D eigenvalue weighted by Gasteiger charge is -2.49. The molecule has 1 aromatic carbocycles. The Bertz CT molecular complexity index is 1440. The number of aliphatic hydroxyl groups is 2. The summed E-state index contributed by atoms with van der Waals surface area (Å²) in [5.41, 5.74) is -0.396. The lowest BCUT2D eigenvalue weighted by atomic mass is 9.62. The molecule has 0 unspecified atom stereocenters. The van der Waals surface area contributed by atoms with Gasteiger partial charge < -0.3 is 39.2 Å². The van der Waals surface area contributed by atoms with E-state index < -0.39 is 77.8 Å². The van der Waals surface area contributed by atoms with E-state index >= 15 is 0 Å². The molecule has 1 amide bonds. The van der Waals surface area contributed by atoms with Crippen LogP contribution in [0.4, 0.5) is 0 Å². The molecule has 2 bridgehead atoms. The number of hydrogen-bond donors (Lipinski definition) is 3. The van der Waals surface area contributed by atoms with Gasteiger partial charge in [-0.1, -0.05) is 24.3 Å². The van der Waals surface area contributed by atoms with Crippen LogP contribution in [0, 0.1) is 17.3 Å². The molecule has 3 saturated heterocycles. The molecule has 0 radical (unpaired) electrons. The average molecular weight is 685 g/mol. The Morgan fingerprint density at radius 2 is 1.86 bits per heavy atom. The third kappa shape index (κ3) is 6.61. The SMILES string of the molecule is CC(C)(C)OC(=O)CC[C@@H](CO)NC(=O)[C@@]12C[C@H]3OC(=O)[C@@H]1N(Cc1cccc(C=COCCO)c1)O[C@@H]2[C@H]1OC(C2CC2)(C2CC2)O[C@H]13.